The molecule has 0 aliphatic carbocycles. The second-order valence-electron chi connectivity index (χ2n) is 5.32. The number of benzene rings is 1. The second-order valence-corrected chi connectivity index (χ2v) is 9.22. The summed E-state index contributed by atoms with van der Waals surface area (Å²) in [4.78, 5) is 12.4. The first-order valence-electron chi connectivity index (χ1n) is 6.20. The van der Waals surface area contributed by atoms with E-state index >= 15 is 0 Å². The molecule has 0 aliphatic rings. The van der Waals surface area contributed by atoms with Crippen molar-refractivity contribution >= 4 is 8.32 Å². The topological polar surface area (TPSA) is 23.1 Å². The molecule has 0 N–H and O–H groups in total. The summed E-state index contributed by atoms with van der Waals surface area (Å²) >= 11 is 0. The molecule has 0 bridgehead atoms. The van der Waals surface area contributed by atoms with Gasteiger partial charge in [0.25, 0.3) is 0 Å². The molecule has 90 valence electrons. The first kappa shape index (κ1) is 17.0. The standard InChI is InChI=1S/C14H23OSi.Li/c1-5-12(2)11-14(16(3,4)15)13-9-7-6-8-10-13;/h6-10,12,14H,5,11H2,1-4H3;/q-1;+1. The molecular formula is C14H23LiOSi. The Morgan fingerprint density at radius 2 is 1.71 bits per heavy atom. The Morgan fingerprint density at radius 1 is 1.18 bits per heavy atom. The van der Waals surface area contributed by atoms with Gasteiger partial charge in [-0.1, -0.05) is 63.7 Å². The summed E-state index contributed by atoms with van der Waals surface area (Å²) in [5.41, 5.74) is 1.50. The van der Waals surface area contributed by atoms with Gasteiger partial charge in [0.05, 0.1) is 0 Å². The third kappa shape index (κ3) is 5.44. The fourth-order valence-electron chi connectivity index (χ4n) is 2.08. The maximum absolute atomic E-state index is 12.4. The van der Waals surface area contributed by atoms with Crippen LogP contribution in [0.2, 0.25) is 13.1 Å². The predicted molar refractivity (Wildman–Crippen MR) is 70.7 cm³/mol. The normalized spacial score (nSPS) is 14.9. The van der Waals surface area contributed by atoms with Crippen LogP contribution in [0.25, 0.3) is 0 Å². The summed E-state index contributed by atoms with van der Waals surface area (Å²) in [5.74, 6) is 0.644. The molecule has 1 rings (SSSR count). The zero-order valence-corrected chi connectivity index (χ0v) is 12.9. The Balaban J connectivity index is 0.00000256. The Kier molecular flexibility index (Phi) is 7.43. The third-order valence-electron chi connectivity index (χ3n) is 3.38. The molecule has 1 aromatic carbocycles. The number of hydrogen-bond donors (Lipinski definition) is 0. The van der Waals surface area contributed by atoms with Crippen LogP contribution in [0.1, 0.15) is 37.8 Å². The fraction of sp³-hybridized carbons (Fsp3) is 0.571. The molecule has 0 radical (unpaired) electrons. The molecule has 1 aromatic rings. The minimum absolute atomic E-state index is 0. The van der Waals surface area contributed by atoms with E-state index in [1.807, 2.05) is 31.3 Å². The maximum Gasteiger partial charge on any atom is 1.00 e. The van der Waals surface area contributed by atoms with Crippen LogP contribution >= 0.6 is 0 Å². The molecule has 1 nitrogen and oxygen atoms in total. The third-order valence-corrected chi connectivity index (χ3v) is 5.62. The summed E-state index contributed by atoms with van der Waals surface area (Å²) in [7, 11) is -2.36. The van der Waals surface area contributed by atoms with E-state index in [9.17, 15) is 4.80 Å². The van der Waals surface area contributed by atoms with Gasteiger partial charge in [-0.15, -0.1) is 0 Å². The van der Waals surface area contributed by atoms with E-state index in [0.29, 0.717) is 5.92 Å². The number of hydrogen-bond acceptors (Lipinski definition) is 1. The van der Waals surface area contributed by atoms with Gasteiger partial charge < -0.3 is 4.80 Å². The SMILES string of the molecule is CCC(C)CC(c1ccccc1)[Si](C)(C)[O-].[Li+]. The summed E-state index contributed by atoms with van der Waals surface area (Å²) in [6.45, 7) is 8.32. The van der Waals surface area contributed by atoms with Gasteiger partial charge in [-0.25, -0.2) is 0 Å². The van der Waals surface area contributed by atoms with Gasteiger partial charge in [0.2, 0.25) is 0 Å². The molecule has 0 spiro atoms. The molecule has 0 amide bonds. The first-order chi connectivity index (χ1) is 7.45. The zero-order valence-electron chi connectivity index (χ0n) is 11.9. The molecule has 0 saturated carbocycles. The van der Waals surface area contributed by atoms with Gasteiger partial charge in [-0.3, -0.25) is 0 Å². The summed E-state index contributed by atoms with van der Waals surface area (Å²) in [6, 6.07) is 10.3. The van der Waals surface area contributed by atoms with Crippen molar-refractivity contribution in [1.29, 1.82) is 0 Å². The largest absolute Gasteiger partial charge is 1.00 e. The average Bonchev–Trinajstić information content (AvgIpc) is 2.25. The van der Waals surface area contributed by atoms with E-state index in [1.54, 1.807) is 0 Å². The van der Waals surface area contributed by atoms with Gasteiger partial charge in [-0.2, -0.15) is 0 Å². The van der Waals surface area contributed by atoms with Crippen molar-refractivity contribution in [3.05, 3.63) is 35.9 Å². The van der Waals surface area contributed by atoms with Crippen LogP contribution in [0.5, 0.6) is 0 Å². The van der Waals surface area contributed by atoms with Crippen LogP contribution in [0.3, 0.4) is 0 Å². The summed E-state index contributed by atoms with van der Waals surface area (Å²) in [6.07, 6.45) is 2.21. The molecule has 0 saturated heterocycles. The Labute approximate surface area is 119 Å². The average molecular weight is 242 g/mol. The smallest absolute Gasteiger partial charge is 0.858 e. The first-order valence-corrected chi connectivity index (χ1v) is 9.19. The van der Waals surface area contributed by atoms with E-state index in [0.717, 1.165) is 12.8 Å². The quantitative estimate of drug-likeness (QED) is 0.682. The summed E-state index contributed by atoms with van der Waals surface area (Å²) in [5, 5.41) is 0. The fourth-order valence-corrected chi connectivity index (χ4v) is 4.04. The van der Waals surface area contributed by atoms with E-state index in [-0.39, 0.29) is 24.4 Å². The van der Waals surface area contributed by atoms with Crippen LogP contribution in [0, 0.1) is 5.92 Å². The molecule has 0 aromatic heterocycles. The molecule has 0 heterocycles. The van der Waals surface area contributed by atoms with Crippen molar-refractivity contribution in [1.82, 2.24) is 0 Å². The molecule has 3 heteroatoms. The van der Waals surface area contributed by atoms with Crippen molar-refractivity contribution in [3.8, 4) is 0 Å². The van der Waals surface area contributed by atoms with Crippen molar-refractivity contribution in [3.63, 3.8) is 0 Å². The maximum atomic E-state index is 12.4. The van der Waals surface area contributed by atoms with E-state index in [4.69, 9.17) is 0 Å². The molecule has 0 fully saturated rings. The van der Waals surface area contributed by atoms with E-state index < -0.39 is 8.32 Å². The molecule has 17 heavy (non-hydrogen) atoms. The van der Waals surface area contributed by atoms with E-state index in [1.165, 1.54) is 5.56 Å². The Morgan fingerprint density at radius 3 is 2.12 bits per heavy atom. The minimum atomic E-state index is -2.36. The number of rotatable bonds is 5. The summed E-state index contributed by atoms with van der Waals surface area (Å²) < 4.78 is 0. The Bertz CT molecular complexity index is 308. The molecule has 2 atom stereocenters. The van der Waals surface area contributed by atoms with Crippen LogP contribution in [0.4, 0.5) is 0 Å². The van der Waals surface area contributed by atoms with Gasteiger partial charge in [0, 0.05) is 0 Å². The van der Waals surface area contributed by atoms with Crippen molar-refractivity contribution in [2.24, 2.45) is 5.92 Å². The van der Waals surface area contributed by atoms with Crippen molar-refractivity contribution in [2.75, 3.05) is 0 Å². The predicted octanol–water partition coefficient (Wildman–Crippen LogP) is 0.315. The van der Waals surface area contributed by atoms with Crippen LogP contribution < -0.4 is 23.7 Å². The molecule has 0 aliphatic heterocycles. The van der Waals surface area contributed by atoms with Gasteiger partial charge in [0.15, 0.2) is 0 Å². The van der Waals surface area contributed by atoms with E-state index in [2.05, 4.69) is 26.0 Å². The van der Waals surface area contributed by atoms with Crippen LogP contribution in [-0.2, 0) is 0 Å². The van der Waals surface area contributed by atoms with Crippen molar-refractivity contribution in [2.45, 2.75) is 45.3 Å². The molecule has 2 unspecified atom stereocenters. The van der Waals surface area contributed by atoms with Gasteiger partial charge in [0.1, 0.15) is 0 Å². The minimum Gasteiger partial charge on any atom is -0.858 e. The monoisotopic (exact) mass is 242 g/mol. The van der Waals surface area contributed by atoms with Gasteiger partial charge in [-0.05, 0) is 31.8 Å². The van der Waals surface area contributed by atoms with Crippen LogP contribution in [0.15, 0.2) is 30.3 Å². The van der Waals surface area contributed by atoms with Crippen LogP contribution in [-0.4, -0.2) is 8.32 Å². The Hall–Kier alpha value is -0.00571. The second kappa shape index (κ2) is 7.43. The zero-order chi connectivity index (χ0) is 12.2. The van der Waals surface area contributed by atoms with Crippen molar-refractivity contribution < 1.29 is 23.7 Å². The molecular weight excluding hydrogens is 219 g/mol. The van der Waals surface area contributed by atoms with Gasteiger partial charge >= 0.3 is 18.9 Å².